The summed E-state index contributed by atoms with van der Waals surface area (Å²) in [4.78, 5) is 8.37. The zero-order chi connectivity index (χ0) is 11.7. The number of ether oxygens (including phenoxy) is 1. The van der Waals surface area contributed by atoms with Crippen LogP contribution in [0.4, 0.5) is 0 Å². The van der Waals surface area contributed by atoms with E-state index in [1.165, 1.54) is 0 Å². The van der Waals surface area contributed by atoms with Crippen molar-refractivity contribution in [2.24, 2.45) is 5.73 Å². The molecule has 0 saturated heterocycles. The molecule has 2 rings (SSSR count). The van der Waals surface area contributed by atoms with Crippen molar-refractivity contribution in [3.63, 3.8) is 0 Å². The van der Waals surface area contributed by atoms with E-state index in [0.717, 1.165) is 11.4 Å². The van der Waals surface area contributed by atoms with Gasteiger partial charge in [-0.05, 0) is 6.92 Å². The lowest BCUT2D eigenvalue weighted by Crippen LogP contribution is -2.17. The van der Waals surface area contributed by atoms with Gasteiger partial charge in [0.05, 0.1) is 43.5 Å². The number of hydrogen-bond donors (Lipinski definition) is 2. The average Bonchev–Trinajstić information content (AvgIpc) is 2.63. The highest BCUT2D eigenvalue weighted by Crippen LogP contribution is 2.19. The smallest absolute Gasteiger partial charge is 0.230 e. The van der Waals surface area contributed by atoms with Crippen molar-refractivity contribution in [1.82, 2.24) is 14.4 Å². The van der Waals surface area contributed by atoms with E-state index >= 15 is 0 Å². The van der Waals surface area contributed by atoms with Crippen LogP contribution in [0.15, 0.2) is 12.4 Å². The van der Waals surface area contributed by atoms with E-state index in [9.17, 15) is 0 Å². The zero-order valence-electron chi connectivity index (χ0n) is 9.21. The second kappa shape index (κ2) is 4.07. The summed E-state index contributed by atoms with van der Waals surface area (Å²) < 4.78 is 6.83. The van der Waals surface area contributed by atoms with Gasteiger partial charge in [-0.15, -0.1) is 0 Å². The molecule has 86 valence electrons. The van der Waals surface area contributed by atoms with Crippen LogP contribution in [-0.2, 0) is 0 Å². The number of aryl methyl sites for hydroxylation is 1. The second-order valence-electron chi connectivity index (χ2n) is 3.53. The van der Waals surface area contributed by atoms with E-state index < -0.39 is 6.04 Å². The highest BCUT2D eigenvalue weighted by molar-refractivity contribution is 5.43. The average molecular weight is 222 g/mol. The molecule has 0 spiro atoms. The van der Waals surface area contributed by atoms with E-state index in [4.69, 9.17) is 15.6 Å². The Balaban J connectivity index is 2.65. The standard InChI is InChI=1S/C10H14N4O2/c1-6-10(7(11)5-15)14-4-9(16-2)12-3-8(14)13-6/h3-4,7,15H,5,11H2,1-2H3. The van der Waals surface area contributed by atoms with Gasteiger partial charge in [0.25, 0.3) is 0 Å². The second-order valence-corrected chi connectivity index (χ2v) is 3.53. The van der Waals surface area contributed by atoms with Gasteiger partial charge >= 0.3 is 0 Å². The number of imidazole rings is 1. The molecule has 16 heavy (non-hydrogen) atoms. The Morgan fingerprint density at radius 2 is 2.38 bits per heavy atom. The summed E-state index contributed by atoms with van der Waals surface area (Å²) in [6.07, 6.45) is 3.32. The number of nitrogens with zero attached hydrogens (tertiary/aromatic N) is 3. The van der Waals surface area contributed by atoms with Gasteiger partial charge in [-0.1, -0.05) is 0 Å². The van der Waals surface area contributed by atoms with Crippen LogP contribution in [0, 0.1) is 6.92 Å². The number of fused-ring (bicyclic) bond motifs is 1. The summed E-state index contributed by atoms with van der Waals surface area (Å²) in [7, 11) is 1.55. The SMILES string of the molecule is COc1cn2c(C(N)CO)c(C)nc2cn1. The van der Waals surface area contributed by atoms with Crippen LogP contribution in [0.1, 0.15) is 17.4 Å². The van der Waals surface area contributed by atoms with E-state index in [1.54, 1.807) is 23.9 Å². The molecule has 1 atom stereocenters. The Bertz CT molecular complexity index is 509. The minimum atomic E-state index is -0.456. The summed E-state index contributed by atoms with van der Waals surface area (Å²) in [5.41, 5.74) is 8.08. The van der Waals surface area contributed by atoms with E-state index in [1.807, 2.05) is 6.92 Å². The molecule has 0 amide bonds. The Kier molecular flexibility index (Phi) is 2.76. The number of hydrogen-bond acceptors (Lipinski definition) is 5. The molecule has 0 aliphatic heterocycles. The highest BCUT2D eigenvalue weighted by atomic mass is 16.5. The van der Waals surface area contributed by atoms with Crippen molar-refractivity contribution in [1.29, 1.82) is 0 Å². The quantitative estimate of drug-likeness (QED) is 0.765. The molecule has 2 heterocycles. The topological polar surface area (TPSA) is 85.7 Å². The third kappa shape index (κ3) is 1.62. The maximum Gasteiger partial charge on any atom is 0.230 e. The number of aliphatic hydroxyl groups is 1. The van der Waals surface area contributed by atoms with Crippen LogP contribution in [0.2, 0.25) is 0 Å². The molecular formula is C10H14N4O2. The molecule has 0 bridgehead atoms. The van der Waals surface area contributed by atoms with Gasteiger partial charge in [-0.3, -0.25) is 4.40 Å². The van der Waals surface area contributed by atoms with Crippen molar-refractivity contribution in [2.45, 2.75) is 13.0 Å². The number of aromatic nitrogens is 3. The number of aliphatic hydroxyl groups excluding tert-OH is 1. The van der Waals surface area contributed by atoms with Gasteiger partial charge in [-0.2, -0.15) is 0 Å². The van der Waals surface area contributed by atoms with Crippen LogP contribution in [0.3, 0.4) is 0 Å². The fourth-order valence-corrected chi connectivity index (χ4v) is 1.71. The first-order valence-electron chi connectivity index (χ1n) is 4.92. The van der Waals surface area contributed by atoms with Crippen LogP contribution >= 0.6 is 0 Å². The molecule has 2 aromatic heterocycles. The first-order valence-corrected chi connectivity index (χ1v) is 4.92. The molecule has 0 saturated carbocycles. The summed E-state index contributed by atoms with van der Waals surface area (Å²) >= 11 is 0. The molecule has 3 N–H and O–H groups in total. The first-order chi connectivity index (χ1) is 7.67. The van der Waals surface area contributed by atoms with Crippen LogP contribution < -0.4 is 10.5 Å². The van der Waals surface area contributed by atoms with Crippen molar-refractivity contribution in [2.75, 3.05) is 13.7 Å². The zero-order valence-corrected chi connectivity index (χ0v) is 9.21. The molecular weight excluding hydrogens is 208 g/mol. The summed E-state index contributed by atoms with van der Waals surface area (Å²) in [6, 6.07) is -0.456. The van der Waals surface area contributed by atoms with Crippen LogP contribution in [0.5, 0.6) is 5.88 Å². The molecule has 6 heteroatoms. The Morgan fingerprint density at radius 3 is 3.00 bits per heavy atom. The van der Waals surface area contributed by atoms with E-state index in [0.29, 0.717) is 11.5 Å². The Hall–Kier alpha value is -1.66. The van der Waals surface area contributed by atoms with Gasteiger partial charge in [0.15, 0.2) is 5.65 Å². The predicted octanol–water partition coefficient (Wildman–Crippen LogP) is 0.0384. The summed E-state index contributed by atoms with van der Waals surface area (Å²) in [6.45, 7) is 1.73. The lowest BCUT2D eigenvalue weighted by Gasteiger charge is -2.09. The van der Waals surface area contributed by atoms with Gasteiger partial charge in [0, 0.05) is 0 Å². The molecule has 1 unspecified atom stereocenters. The van der Waals surface area contributed by atoms with Gasteiger partial charge in [0.2, 0.25) is 5.88 Å². The predicted molar refractivity (Wildman–Crippen MR) is 58.3 cm³/mol. The van der Waals surface area contributed by atoms with Crippen LogP contribution in [0.25, 0.3) is 5.65 Å². The van der Waals surface area contributed by atoms with E-state index in [2.05, 4.69) is 9.97 Å². The van der Waals surface area contributed by atoms with Crippen LogP contribution in [-0.4, -0.2) is 33.2 Å². The molecule has 0 radical (unpaired) electrons. The van der Waals surface area contributed by atoms with E-state index in [-0.39, 0.29) is 6.61 Å². The minimum Gasteiger partial charge on any atom is -0.480 e. The van der Waals surface area contributed by atoms with Crippen molar-refractivity contribution >= 4 is 5.65 Å². The third-order valence-electron chi connectivity index (χ3n) is 2.46. The maximum absolute atomic E-state index is 9.10. The van der Waals surface area contributed by atoms with Crippen molar-refractivity contribution in [3.05, 3.63) is 23.8 Å². The van der Waals surface area contributed by atoms with Crippen molar-refractivity contribution in [3.8, 4) is 5.88 Å². The lowest BCUT2D eigenvalue weighted by molar-refractivity contribution is 0.265. The van der Waals surface area contributed by atoms with Gasteiger partial charge in [0.1, 0.15) is 0 Å². The summed E-state index contributed by atoms with van der Waals surface area (Å²) in [5, 5.41) is 9.10. The fourth-order valence-electron chi connectivity index (χ4n) is 1.71. The first kappa shape index (κ1) is 10.8. The maximum atomic E-state index is 9.10. The molecule has 0 aliphatic rings. The third-order valence-corrected chi connectivity index (χ3v) is 2.46. The van der Waals surface area contributed by atoms with Gasteiger partial charge in [-0.25, -0.2) is 9.97 Å². The molecule has 0 aromatic carbocycles. The largest absolute Gasteiger partial charge is 0.480 e. The number of nitrogens with two attached hydrogens (primary N) is 1. The minimum absolute atomic E-state index is 0.126. The normalized spacial score (nSPS) is 13.0. The fraction of sp³-hybridized carbons (Fsp3) is 0.400. The number of methoxy groups -OCH3 is 1. The van der Waals surface area contributed by atoms with Gasteiger partial charge < -0.3 is 15.6 Å². The highest BCUT2D eigenvalue weighted by Gasteiger charge is 2.15. The monoisotopic (exact) mass is 222 g/mol. The Labute approximate surface area is 92.7 Å². The number of rotatable bonds is 3. The summed E-state index contributed by atoms with van der Waals surface area (Å²) in [5.74, 6) is 0.483. The Morgan fingerprint density at radius 1 is 1.62 bits per heavy atom. The molecule has 0 fully saturated rings. The molecule has 6 nitrogen and oxygen atoms in total. The lowest BCUT2D eigenvalue weighted by atomic mass is 10.2. The van der Waals surface area contributed by atoms with Crippen molar-refractivity contribution < 1.29 is 9.84 Å². The molecule has 0 aliphatic carbocycles. The molecule has 2 aromatic rings.